The lowest BCUT2D eigenvalue weighted by Gasteiger charge is -1.99. The fraction of sp³-hybridized carbons (Fsp3) is 0.231. The third-order valence-electron chi connectivity index (χ3n) is 1.99. The Morgan fingerprint density at radius 2 is 1.94 bits per heavy atom. The van der Waals surface area contributed by atoms with E-state index < -0.39 is 0 Å². The molecule has 0 aliphatic carbocycles. The molecule has 0 atom stereocenters. The fourth-order valence-corrected chi connectivity index (χ4v) is 1.58. The van der Waals surface area contributed by atoms with E-state index in [4.69, 9.17) is 16.0 Å². The summed E-state index contributed by atoms with van der Waals surface area (Å²) < 4.78 is 9.60. The molecule has 0 radical (unpaired) electrons. The van der Waals surface area contributed by atoms with Gasteiger partial charge in [0.05, 0.1) is 5.02 Å². The number of carbonyl (C=O) groups is 1. The summed E-state index contributed by atoms with van der Waals surface area (Å²) in [5.74, 6) is 0.875. The maximum atomic E-state index is 10.8. The zero-order valence-corrected chi connectivity index (χ0v) is 11.2. The molecule has 0 saturated heterocycles. The van der Waals surface area contributed by atoms with E-state index in [0.717, 1.165) is 0 Å². The van der Waals surface area contributed by atoms with E-state index in [9.17, 15) is 4.79 Å². The molecule has 0 spiro atoms. The first kappa shape index (κ1) is 14.4. The number of aromatic nitrogens is 1. The van der Waals surface area contributed by atoms with Crippen molar-refractivity contribution in [3.8, 4) is 11.3 Å². The standard InChI is InChI=1S/C11H8ClNO2.C2H6O/c1-7-13-10(6-14)11(15-7)8-4-2-3-5-9(8)12;1-3-2/h2-6H,1H3;1-2H3. The number of ether oxygens (including phenoxy) is 1. The molecule has 2 aromatic rings. The Bertz CT molecular complexity index is 523. The third kappa shape index (κ3) is 3.42. The number of rotatable bonds is 2. The maximum Gasteiger partial charge on any atom is 0.192 e. The van der Waals surface area contributed by atoms with Gasteiger partial charge in [-0.2, -0.15) is 0 Å². The van der Waals surface area contributed by atoms with E-state index in [1.807, 2.05) is 12.1 Å². The van der Waals surface area contributed by atoms with E-state index in [1.54, 1.807) is 33.3 Å². The smallest absolute Gasteiger partial charge is 0.192 e. The minimum absolute atomic E-state index is 0.278. The second kappa shape index (κ2) is 6.93. The van der Waals surface area contributed by atoms with Gasteiger partial charge in [-0.3, -0.25) is 4.79 Å². The van der Waals surface area contributed by atoms with Crippen LogP contribution >= 0.6 is 11.6 Å². The summed E-state index contributed by atoms with van der Waals surface area (Å²) in [4.78, 5) is 14.7. The Morgan fingerprint density at radius 1 is 1.33 bits per heavy atom. The van der Waals surface area contributed by atoms with Gasteiger partial charge in [0.1, 0.15) is 5.69 Å². The Balaban J connectivity index is 0.000000492. The Kier molecular flexibility index (Phi) is 5.55. The van der Waals surface area contributed by atoms with Crippen LogP contribution in [-0.4, -0.2) is 25.5 Å². The second-order valence-electron chi connectivity index (χ2n) is 3.45. The van der Waals surface area contributed by atoms with Gasteiger partial charge in [-0.15, -0.1) is 0 Å². The van der Waals surface area contributed by atoms with Gasteiger partial charge in [-0.25, -0.2) is 4.98 Å². The predicted molar refractivity (Wildman–Crippen MR) is 70.0 cm³/mol. The highest BCUT2D eigenvalue weighted by molar-refractivity contribution is 6.33. The Labute approximate surface area is 111 Å². The van der Waals surface area contributed by atoms with Gasteiger partial charge in [0.25, 0.3) is 0 Å². The number of methoxy groups -OCH3 is 1. The van der Waals surface area contributed by atoms with Crippen molar-refractivity contribution in [1.82, 2.24) is 4.98 Å². The summed E-state index contributed by atoms with van der Waals surface area (Å²) in [7, 11) is 3.25. The molecule has 0 N–H and O–H groups in total. The van der Waals surface area contributed by atoms with Gasteiger partial charge < -0.3 is 9.15 Å². The summed E-state index contributed by atoms with van der Waals surface area (Å²) in [5.41, 5.74) is 0.961. The minimum Gasteiger partial charge on any atom is -0.440 e. The van der Waals surface area contributed by atoms with E-state index in [2.05, 4.69) is 9.72 Å². The molecule has 5 heteroatoms. The number of hydrogen-bond acceptors (Lipinski definition) is 4. The first-order chi connectivity index (χ1) is 8.63. The van der Waals surface area contributed by atoms with Gasteiger partial charge in [0, 0.05) is 26.7 Å². The summed E-state index contributed by atoms with van der Waals surface area (Å²) in [5, 5.41) is 0.539. The maximum absolute atomic E-state index is 10.8. The van der Waals surface area contributed by atoms with Gasteiger partial charge in [0.2, 0.25) is 0 Å². The highest BCUT2D eigenvalue weighted by atomic mass is 35.5. The van der Waals surface area contributed by atoms with E-state index in [-0.39, 0.29) is 5.69 Å². The van der Waals surface area contributed by atoms with Crippen LogP contribution in [0.1, 0.15) is 16.4 Å². The topological polar surface area (TPSA) is 52.3 Å². The van der Waals surface area contributed by atoms with Crippen molar-refractivity contribution >= 4 is 17.9 Å². The largest absolute Gasteiger partial charge is 0.440 e. The number of nitrogens with zero attached hydrogens (tertiary/aromatic N) is 1. The molecule has 96 valence electrons. The monoisotopic (exact) mass is 267 g/mol. The van der Waals surface area contributed by atoms with Crippen LogP contribution in [0.5, 0.6) is 0 Å². The molecule has 0 bridgehead atoms. The molecule has 0 aliphatic rings. The average molecular weight is 268 g/mol. The van der Waals surface area contributed by atoms with Crippen LogP contribution in [0.25, 0.3) is 11.3 Å². The van der Waals surface area contributed by atoms with Crippen molar-refractivity contribution in [2.45, 2.75) is 6.92 Å². The number of aryl methyl sites for hydroxylation is 1. The van der Waals surface area contributed by atoms with Crippen molar-refractivity contribution in [2.24, 2.45) is 0 Å². The molecule has 4 nitrogen and oxygen atoms in total. The fourth-order valence-electron chi connectivity index (χ4n) is 1.36. The minimum atomic E-state index is 0.278. The van der Waals surface area contributed by atoms with Crippen LogP contribution in [0, 0.1) is 6.92 Å². The number of benzene rings is 1. The number of oxazole rings is 1. The van der Waals surface area contributed by atoms with Crippen LogP contribution in [0.15, 0.2) is 28.7 Å². The van der Waals surface area contributed by atoms with Gasteiger partial charge in [-0.05, 0) is 12.1 Å². The number of aldehydes is 1. The lowest BCUT2D eigenvalue weighted by molar-refractivity contribution is 0.111. The zero-order valence-electron chi connectivity index (χ0n) is 10.4. The summed E-state index contributed by atoms with van der Waals surface area (Å²) in [6.07, 6.45) is 0.662. The molecule has 18 heavy (non-hydrogen) atoms. The van der Waals surface area contributed by atoms with Gasteiger partial charge in [0.15, 0.2) is 17.9 Å². The van der Waals surface area contributed by atoms with E-state index >= 15 is 0 Å². The lowest BCUT2D eigenvalue weighted by atomic mass is 10.1. The SMILES string of the molecule is COC.Cc1nc(C=O)c(-c2ccccc2Cl)o1. The zero-order chi connectivity index (χ0) is 13.5. The average Bonchev–Trinajstić information content (AvgIpc) is 2.72. The van der Waals surface area contributed by atoms with E-state index in [0.29, 0.717) is 28.5 Å². The van der Waals surface area contributed by atoms with Gasteiger partial charge >= 0.3 is 0 Å². The molecule has 0 aliphatic heterocycles. The first-order valence-electron chi connectivity index (χ1n) is 5.21. The third-order valence-corrected chi connectivity index (χ3v) is 2.32. The normalized spacial score (nSPS) is 9.56. The Morgan fingerprint density at radius 3 is 2.50 bits per heavy atom. The van der Waals surface area contributed by atoms with E-state index in [1.165, 1.54) is 0 Å². The highest BCUT2D eigenvalue weighted by Crippen LogP contribution is 2.30. The molecule has 0 unspecified atom stereocenters. The number of halogens is 1. The van der Waals surface area contributed by atoms with Crippen molar-refractivity contribution < 1.29 is 13.9 Å². The van der Waals surface area contributed by atoms with Crippen LogP contribution in [-0.2, 0) is 4.74 Å². The summed E-state index contributed by atoms with van der Waals surface area (Å²) in [6.45, 7) is 1.69. The van der Waals surface area contributed by atoms with Crippen molar-refractivity contribution in [1.29, 1.82) is 0 Å². The first-order valence-corrected chi connectivity index (χ1v) is 5.59. The van der Waals surface area contributed by atoms with Crippen LogP contribution in [0.2, 0.25) is 5.02 Å². The molecule has 1 aromatic carbocycles. The molecular weight excluding hydrogens is 254 g/mol. The van der Waals surface area contributed by atoms with Crippen molar-refractivity contribution in [3.05, 3.63) is 40.9 Å². The number of hydrogen-bond donors (Lipinski definition) is 0. The van der Waals surface area contributed by atoms with Crippen LogP contribution < -0.4 is 0 Å². The molecular formula is C13H14ClNO3. The molecule has 1 heterocycles. The van der Waals surface area contributed by atoms with Crippen molar-refractivity contribution in [3.63, 3.8) is 0 Å². The van der Waals surface area contributed by atoms with Crippen molar-refractivity contribution in [2.75, 3.05) is 14.2 Å². The lowest BCUT2D eigenvalue weighted by Crippen LogP contribution is -1.84. The van der Waals surface area contributed by atoms with Crippen LogP contribution in [0.4, 0.5) is 0 Å². The predicted octanol–water partition coefficient (Wildman–Crippen LogP) is 3.38. The van der Waals surface area contributed by atoms with Gasteiger partial charge in [-0.1, -0.05) is 23.7 Å². The Hall–Kier alpha value is -1.65. The highest BCUT2D eigenvalue weighted by Gasteiger charge is 2.14. The number of carbonyl (C=O) groups excluding carboxylic acids is 1. The molecule has 0 amide bonds. The quantitative estimate of drug-likeness (QED) is 0.783. The second-order valence-corrected chi connectivity index (χ2v) is 3.86. The molecule has 0 fully saturated rings. The molecule has 1 aromatic heterocycles. The summed E-state index contributed by atoms with van der Waals surface area (Å²) >= 11 is 5.99. The molecule has 2 rings (SSSR count). The molecule has 0 saturated carbocycles. The summed E-state index contributed by atoms with van der Waals surface area (Å²) in [6, 6.07) is 7.17. The van der Waals surface area contributed by atoms with Crippen LogP contribution in [0.3, 0.4) is 0 Å².